The molecule has 116 valence electrons. The van der Waals surface area contributed by atoms with Crippen LogP contribution in [0.15, 0.2) is 18.2 Å². The van der Waals surface area contributed by atoms with Crippen molar-refractivity contribution in [3.63, 3.8) is 0 Å². The molecule has 1 aliphatic heterocycles. The third kappa shape index (κ3) is 3.92. The Morgan fingerprint density at radius 1 is 1.43 bits per heavy atom. The van der Waals surface area contributed by atoms with Crippen molar-refractivity contribution in [1.82, 2.24) is 10.2 Å². The number of nitro groups is 1. The molecule has 2 rings (SSSR count). The van der Waals surface area contributed by atoms with E-state index in [0.717, 1.165) is 44.6 Å². The number of hydrogen-bond acceptors (Lipinski definition) is 5. The summed E-state index contributed by atoms with van der Waals surface area (Å²) in [5.74, 6) is 0.314. The smallest absolute Gasteiger partial charge is 0.311 e. The lowest BCUT2D eigenvalue weighted by atomic mass is 10.0. The van der Waals surface area contributed by atoms with Gasteiger partial charge in [-0.25, -0.2) is 0 Å². The normalized spacial score (nSPS) is 16.1. The molecule has 0 aromatic heterocycles. The minimum absolute atomic E-state index is 0.0383. The fraction of sp³-hybridized carbons (Fsp3) is 0.600. The standard InChI is InChI=1S/C15H23N3O3/c1-3-17(13-6-8-16-9-7-13)11-12-4-5-15(21-2)14(10-12)18(19)20/h4-5,10,13,16H,3,6-9,11H2,1-2H3. The average Bonchev–Trinajstić information content (AvgIpc) is 2.53. The van der Waals surface area contributed by atoms with Crippen LogP contribution in [0.4, 0.5) is 5.69 Å². The number of nitrogens with one attached hydrogen (secondary N) is 1. The van der Waals surface area contributed by atoms with Gasteiger partial charge in [0.2, 0.25) is 0 Å². The first-order chi connectivity index (χ1) is 10.2. The maximum absolute atomic E-state index is 11.1. The van der Waals surface area contributed by atoms with Crippen molar-refractivity contribution < 1.29 is 9.66 Å². The van der Waals surface area contributed by atoms with E-state index in [9.17, 15) is 10.1 Å². The molecular weight excluding hydrogens is 270 g/mol. The highest BCUT2D eigenvalue weighted by atomic mass is 16.6. The Bertz CT molecular complexity index is 487. The maximum Gasteiger partial charge on any atom is 0.311 e. The minimum atomic E-state index is -0.386. The summed E-state index contributed by atoms with van der Waals surface area (Å²) in [5.41, 5.74) is 0.999. The van der Waals surface area contributed by atoms with Crippen molar-refractivity contribution in [1.29, 1.82) is 0 Å². The molecule has 1 heterocycles. The first-order valence-electron chi connectivity index (χ1n) is 7.41. The van der Waals surface area contributed by atoms with Crippen molar-refractivity contribution in [3.8, 4) is 5.75 Å². The first-order valence-corrected chi connectivity index (χ1v) is 7.41. The molecule has 1 saturated heterocycles. The van der Waals surface area contributed by atoms with Crippen molar-refractivity contribution in [2.75, 3.05) is 26.7 Å². The van der Waals surface area contributed by atoms with Gasteiger partial charge >= 0.3 is 5.69 Å². The third-order valence-electron chi connectivity index (χ3n) is 4.06. The van der Waals surface area contributed by atoms with Gasteiger partial charge in [0.15, 0.2) is 5.75 Å². The summed E-state index contributed by atoms with van der Waals surface area (Å²) in [7, 11) is 1.45. The lowest BCUT2D eigenvalue weighted by Crippen LogP contribution is -2.42. The first kappa shape index (κ1) is 15.7. The molecule has 1 fully saturated rings. The SMILES string of the molecule is CCN(Cc1ccc(OC)c([N+](=O)[O-])c1)C1CCNCC1. The number of benzene rings is 1. The Morgan fingerprint density at radius 3 is 2.71 bits per heavy atom. The molecule has 0 atom stereocenters. The molecule has 0 bridgehead atoms. The maximum atomic E-state index is 11.1. The molecule has 0 aliphatic carbocycles. The zero-order chi connectivity index (χ0) is 15.2. The van der Waals surface area contributed by atoms with E-state index < -0.39 is 0 Å². The Kier molecular flexibility index (Phi) is 5.52. The van der Waals surface area contributed by atoms with E-state index in [1.807, 2.05) is 6.07 Å². The van der Waals surface area contributed by atoms with Gasteiger partial charge in [-0.1, -0.05) is 13.0 Å². The monoisotopic (exact) mass is 293 g/mol. The Hall–Kier alpha value is -1.66. The Morgan fingerprint density at radius 2 is 2.14 bits per heavy atom. The van der Waals surface area contributed by atoms with E-state index >= 15 is 0 Å². The predicted molar refractivity (Wildman–Crippen MR) is 81.6 cm³/mol. The summed E-state index contributed by atoms with van der Waals surface area (Å²) in [5, 5.41) is 14.5. The van der Waals surface area contributed by atoms with E-state index in [-0.39, 0.29) is 10.6 Å². The highest BCUT2D eigenvalue weighted by molar-refractivity contribution is 5.48. The number of rotatable bonds is 6. The van der Waals surface area contributed by atoms with E-state index in [1.54, 1.807) is 12.1 Å². The summed E-state index contributed by atoms with van der Waals surface area (Å²) in [6.07, 6.45) is 2.26. The highest BCUT2D eigenvalue weighted by Gasteiger charge is 2.21. The van der Waals surface area contributed by atoms with Crippen molar-refractivity contribution in [2.45, 2.75) is 32.4 Å². The molecule has 0 radical (unpaired) electrons. The van der Waals surface area contributed by atoms with Crippen LogP contribution in [-0.4, -0.2) is 42.6 Å². The van der Waals surface area contributed by atoms with Gasteiger partial charge in [-0.3, -0.25) is 15.0 Å². The summed E-state index contributed by atoms with van der Waals surface area (Å²) >= 11 is 0. The number of piperidine rings is 1. The van der Waals surface area contributed by atoms with E-state index in [0.29, 0.717) is 11.8 Å². The highest BCUT2D eigenvalue weighted by Crippen LogP contribution is 2.28. The molecule has 6 heteroatoms. The zero-order valence-corrected chi connectivity index (χ0v) is 12.7. The summed E-state index contributed by atoms with van der Waals surface area (Å²) < 4.78 is 5.05. The fourth-order valence-corrected chi connectivity index (χ4v) is 2.88. The van der Waals surface area contributed by atoms with Crippen LogP contribution in [0.5, 0.6) is 5.75 Å². The molecule has 1 aromatic rings. The van der Waals surface area contributed by atoms with Crippen LogP contribution in [0.3, 0.4) is 0 Å². The molecule has 21 heavy (non-hydrogen) atoms. The lowest BCUT2D eigenvalue weighted by Gasteiger charge is -2.33. The molecule has 0 amide bonds. The molecule has 1 aromatic carbocycles. The van der Waals surface area contributed by atoms with Gasteiger partial charge in [0.05, 0.1) is 12.0 Å². The molecule has 0 saturated carbocycles. The Labute approximate surface area is 125 Å². The average molecular weight is 293 g/mol. The molecule has 1 aliphatic rings. The van der Waals surface area contributed by atoms with Crippen molar-refractivity contribution >= 4 is 5.69 Å². The van der Waals surface area contributed by atoms with Gasteiger partial charge in [-0.2, -0.15) is 0 Å². The summed E-state index contributed by atoms with van der Waals surface area (Å²) in [4.78, 5) is 13.1. The number of methoxy groups -OCH3 is 1. The zero-order valence-electron chi connectivity index (χ0n) is 12.7. The number of hydrogen-bond donors (Lipinski definition) is 1. The number of nitrogens with zero attached hydrogens (tertiary/aromatic N) is 2. The molecule has 0 spiro atoms. The van der Waals surface area contributed by atoms with Crippen LogP contribution in [0.2, 0.25) is 0 Å². The van der Waals surface area contributed by atoms with Crippen LogP contribution in [0.25, 0.3) is 0 Å². The van der Waals surface area contributed by atoms with Gasteiger partial charge < -0.3 is 10.1 Å². The summed E-state index contributed by atoms with van der Waals surface area (Å²) in [6.45, 7) is 5.92. The van der Waals surface area contributed by atoms with Crippen LogP contribution in [-0.2, 0) is 6.54 Å². The summed E-state index contributed by atoms with van der Waals surface area (Å²) in [6, 6.07) is 5.78. The number of ether oxygens (including phenoxy) is 1. The van der Waals surface area contributed by atoms with Gasteiger partial charge in [0.25, 0.3) is 0 Å². The third-order valence-corrected chi connectivity index (χ3v) is 4.06. The molecule has 6 nitrogen and oxygen atoms in total. The Balaban J connectivity index is 2.13. The number of nitro benzene ring substituents is 1. The minimum Gasteiger partial charge on any atom is -0.490 e. The van der Waals surface area contributed by atoms with Gasteiger partial charge in [0, 0.05) is 18.7 Å². The second-order valence-electron chi connectivity index (χ2n) is 5.31. The van der Waals surface area contributed by atoms with Gasteiger partial charge in [-0.05, 0) is 44.1 Å². The fourth-order valence-electron chi connectivity index (χ4n) is 2.88. The van der Waals surface area contributed by atoms with Crippen LogP contribution in [0, 0.1) is 10.1 Å². The van der Waals surface area contributed by atoms with Crippen LogP contribution >= 0.6 is 0 Å². The molecular formula is C15H23N3O3. The molecule has 0 unspecified atom stereocenters. The largest absolute Gasteiger partial charge is 0.490 e. The quantitative estimate of drug-likeness (QED) is 0.643. The van der Waals surface area contributed by atoms with Crippen molar-refractivity contribution in [3.05, 3.63) is 33.9 Å². The molecule has 1 N–H and O–H groups in total. The van der Waals surface area contributed by atoms with E-state index in [4.69, 9.17) is 4.74 Å². The van der Waals surface area contributed by atoms with Crippen molar-refractivity contribution in [2.24, 2.45) is 0 Å². The van der Waals surface area contributed by atoms with E-state index in [1.165, 1.54) is 7.11 Å². The van der Waals surface area contributed by atoms with Crippen LogP contribution in [0.1, 0.15) is 25.3 Å². The topological polar surface area (TPSA) is 67.6 Å². The second kappa shape index (κ2) is 7.38. The van der Waals surface area contributed by atoms with Gasteiger partial charge in [-0.15, -0.1) is 0 Å². The van der Waals surface area contributed by atoms with Gasteiger partial charge in [0.1, 0.15) is 0 Å². The van der Waals surface area contributed by atoms with Crippen LogP contribution < -0.4 is 10.1 Å². The lowest BCUT2D eigenvalue weighted by molar-refractivity contribution is -0.385. The van der Waals surface area contributed by atoms with E-state index in [2.05, 4.69) is 17.1 Å². The second-order valence-corrected chi connectivity index (χ2v) is 5.31. The predicted octanol–water partition coefficient (Wildman–Crippen LogP) is 2.18.